The van der Waals surface area contributed by atoms with Gasteiger partial charge in [0.05, 0.1) is 19.0 Å². The van der Waals surface area contributed by atoms with E-state index < -0.39 is 13.7 Å². The van der Waals surface area contributed by atoms with Crippen molar-refractivity contribution in [1.82, 2.24) is 19.5 Å². The zero-order valence-electron chi connectivity index (χ0n) is 9.66. The summed E-state index contributed by atoms with van der Waals surface area (Å²) in [6.07, 6.45) is 2.64. The number of hydrogen-bond donors (Lipinski definition) is 4. The van der Waals surface area contributed by atoms with Crippen molar-refractivity contribution < 1.29 is 19.5 Å². The predicted octanol–water partition coefficient (Wildman–Crippen LogP) is -0.539. The van der Waals surface area contributed by atoms with E-state index in [0.29, 0.717) is 17.0 Å². The van der Waals surface area contributed by atoms with E-state index >= 15 is 0 Å². The number of nitrogens with two attached hydrogens (primary N) is 1. The first kappa shape index (κ1) is 13.6. The number of fused-ring (bicyclic) bond motifs is 1. The van der Waals surface area contributed by atoms with Gasteiger partial charge < -0.3 is 25.2 Å². The molecule has 2 rings (SSSR count). The highest BCUT2D eigenvalue weighted by atomic mass is 31.2. The van der Waals surface area contributed by atoms with Gasteiger partial charge in [-0.25, -0.2) is 15.0 Å². The molecule has 1 atom stereocenters. The van der Waals surface area contributed by atoms with Crippen molar-refractivity contribution in [2.75, 3.05) is 5.73 Å². The van der Waals surface area contributed by atoms with Gasteiger partial charge in [0.1, 0.15) is 11.8 Å². The number of aromatic nitrogens is 4. The van der Waals surface area contributed by atoms with Crippen molar-refractivity contribution in [3.8, 4) is 0 Å². The highest BCUT2D eigenvalue weighted by molar-refractivity contribution is 7.55. The third-order valence-electron chi connectivity index (χ3n) is 2.32. The van der Waals surface area contributed by atoms with Crippen molar-refractivity contribution in [2.24, 2.45) is 0 Å². The lowest BCUT2D eigenvalue weighted by atomic mass is 10.3. The van der Waals surface area contributed by atoms with E-state index in [1.54, 1.807) is 0 Å². The van der Waals surface area contributed by atoms with Crippen molar-refractivity contribution in [3.63, 3.8) is 0 Å². The fourth-order valence-electron chi connectivity index (χ4n) is 1.51. The van der Waals surface area contributed by atoms with Gasteiger partial charge in [-0.05, 0) is 6.08 Å². The Labute approximate surface area is 107 Å². The van der Waals surface area contributed by atoms with Crippen LogP contribution in [-0.2, 0) is 11.1 Å². The SMILES string of the molecule is Nc1ncnc2c1ncn2CC(O)C=CP(=O)(O)O. The molecular weight excluding hydrogens is 273 g/mol. The third-order valence-corrected chi connectivity index (χ3v) is 2.88. The second kappa shape index (κ2) is 5.06. The van der Waals surface area contributed by atoms with E-state index in [0.717, 1.165) is 6.08 Å². The Hall–Kier alpha value is -1.80. The van der Waals surface area contributed by atoms with Crippen LogP contribution < -0.4 is 5.73 Å². The van der Waals surface area contributed by atoms with Gasteiger partial charge in [0, 0.05) is 5.82 Å². The number of anilines is 1. The van der Waals surface area contributed by atoms with Gasteiger partial charge in [-0.15, -0.1) is 0 Å². The van der Waals surface area contributed by atoms with Crippen LogP contribution in [0.3, 0.4) is 0 Å². The largest absolute Gasteiger partial charge is 0.387 e. The Balaban J connectivity index is 2.20. The molecule has 2 aromatic heterocycles. The highest BCUT2D eigenvalue weighted by Crippen LogP contribution is 2.36. The molecule has 0 bridgehead atoms. The van der Waals surface area contributed by atoms with Gasteiger partial charge in [0.15, 0.2) is 11.5 Å². The normalized spacial score (nSPS) is 14.3. The van der Waals surface area contributed by atoms with E-state index in [-0.39, 0.29) is 12.4 Å². The molecule has 0 aliphatic heterocycles. The molecule has 0 aromatic carbocycles. The smallest absolute Gasteiger partial charge is 0.348 e. The molecule has 2 heterocycles. The van der Waals surface area contributed by atoms with E-state index in [1.165, 1.54) is 17.2 Å². The van der Waals surface area contributed by atoms with E-state index in [9.17, 15) is 9.67 Å². The molecule has 9 nitrogen and oxygen atoms in total. The fourth-order valence-corrected chi connectivity index (χ4v) is 1.93. The maximum Gasteiger partial charge on any atom is 0.348 e. The van der Waals surface area contributed by atoms with Crippen molar-refractivity contribution >= 4 is 24.6 Å². The fraction of sp³-hybridized carbons (Fsp3) is 0.222. The lowest BCUT2D eigenvalue weighted by Crippen LogP contribution is -2.13. The molecule has 0 spiro atoms. The van der Waals surface area contributed by atoms with Gasteiger partial charge >= 0.3 is 7.60 Å². The molecule has 0 saturated heterocycles. The summed E-state index contributed by atoms with van der Waals surface area (Å²) >= 11 is 0. The average Bonchev–Trinajstić information content (AvgIpc) is 2.71. The first-order valence-corrected chi connectivity index (χ1v) is 6.89. The van der Waals surface area contributed by atoms with Crippen LogP contribution >= 0.6 is 7.60 Å². The maximum atomic E-state index is 10.6. The maximum absolute atomic E-state index is 10.6. The number of nitrogen functional groups attached to an aromatic ring is 1. The van der Waals surface area contributed by atoms with Gasteiger partial charge in [-0.1, -0.05) is 0 Å². The summed E-state index contributed by atoms with van der Waals surface area (Å²) in [6.45, 7) is 0.0451. The topological polar surface area (TPSA) is 147 Å². The van der Waals surface area contributed by atoms with Gasteiger partial charge in [-0.3, -0.25) is 4.57 Å². The number of rotatable bonds is 4. The molecule has 0 radical (unpaired) electrons. The number of aliphatic hydroxyl groups excluding tert-OH is 1. The molecule has 19 heavy (non-hydrogen) atoms. The Kier molecular flexibility index (Phi) is 3.63. The molecule has 0 aliphatic carbocycles. The summed E-state index contributed by atoms with van der Waals surface area (Å²) in [5.41, 5.74) is 6.46. The summed E-state index contributed by atoms with van der Waals surface area (Å²) in [7, 11) is -4.28. The van der Waals surface area contributed by atoms with Gasteiger partial charge in [0.25, 0.3) is 0 Å². The lowest BCUT2D eigenvalue weighted by Gasteiger charge is -2.07. The van der Waals surface area contributed by atoms with Crippen LogP contribution in [0.5, 0.6) is 0 Å². The second-order valence-corrected chi connectivity index (χ2v) is 5.30. The molecule has 102 valence electrons. The molecular formula is C9H12N5O4P. The van der Waals surface area contributed by atoms with Gasteiger partial charge in [-0.2, -0.15) is 0 Å². The molecule has 10 heteroatoms. The minimum atomic E-state index is -4.28. The minimum Gasteiger partial charge on any atom is -0.387 e. The van der Waals surface area contributed by atoms with Crippen LogP contribution in [0.1, 0.15) is 0 Å². The quantitative estimate of drug-likeness (QED) is 0.547. The first-order valence-electron chi connectivity index (χ1n) is 5.21. The number of hydrogen-bond acceptors (Lipinski definition) is 6. The second-order valence-electron chi connectivity index (χ2n) is 3.83. The highest BCUT2D eigenvalue weighted by Gasteiger charge is 2.12. The molecule has 1 unspecified atom stereocenters. The van der Waals surface area contributed by atoms with E-state index in [4.69, 9.17) is 15.5 Å². The summed E-state index contributed by atoms with van der Waals surface area (Å²) < 4.78 is 12.2. The molecule has 0 aliphatic rings. The summed E-state index contributed by atoms with van der Waals surface area (Å²) in [6, 6.07) is 0. The van der Waals surface area contributed by atoms with Crippen molar-refractivity contribution in [2.45, 2.75) is 12.6 Å². The molecule has 0 saturated carbocycles. The monoisotopic (exact) mass is 285 g/mol. The zero-order valence-corrected chi connectivity index (χ0v) is 10.6. The molecule has 0 amide bonds. The van der Waals surface area contributed by atoms with Crippen molar-refractivity contribution in [1.29, 1.82) is 0 Å². The van der Waals surface area contributed by atoms with Crippen LogP contribution in [0.15, 0.2) is 24.5 Å². The van der Waals surface area contributed by atoms with E-state index in [1.807, 2.05) is 0 Å². The summed E-state index contributed by atoms with van der Waals surface area (Å²) in [5.74, 6) is 0.879. The summed E-state index contributed by atoms with van der Waals surface area (Å²) in [5, 5.41) is 9.66. The van der Waals surface area contributed by atoms with Gasteiger partial charge in [0.2, 0.25) is 0 Å². The number of aliphatic hydroxyl groups is 1. The number of imidazole rings is 1. The van der Waals surface area contributed by atoms with E-state index in [2.05, 4.69) is 15.0 Å². The van der Waals surface area contributed by atoms with Crippen LogP contribution in [0.25, 0.3) is 11.2 Å². The predicted molar refractivity (Wildman–Crippen MR) is 66.9 cm³/mol. The standard InChI is InChI=1S/C9H12N5O4P/c10-8-7-9(12-4-11-8)14(5-13-7)3-6(15)1-2-19(16,17)18/h1-2,4-6,15H,3H2,(H2,10,11,12)(H2,16,17,18). The van der Waals surface area contributed by atoms with Crippen LogP contribution in [0.2, 0.25) is 0 Å². The molecule has 0 fully saturated rings. The first-order chi connectivity index (χ1) is 8.87. The Bertz CT molecular complexity index is 664. The summed E-state index contributed by atoms with van der Waals surface area (Å²) in [4.78, 5) is 29.1. The lowest BCUT2D eigenvalue weighted by molar-refractivity contribution is 0.202. The Morgan fingerprint density at radius 1 is 1.42 bits per heavy atom. The Morgan fingerprint density at radius 2 is 2.16 bits per heavy atom. The third kappa shape index (κ3) is 3.36. The number of nitrogens with zero attached hydrogens (tertiary/aromatic N) is 4. The minimum absolute atomic E-state index is 0.0451. The van der Waals surface area contributed by atoms with Crippen LogP contribution in [-0.4, -0.2) is 40.5 Å². The Morgan fingerprint density at radius 3 is 2.84 bits per heavy atom. The van der Waals surface area contributed by atoms with Crippen LogP contribution in [0.4, 0.5) is 5.82 Å². The van der Waals surface area contributed by atoms with Crippen LogP contribution in [0, 0.1) is 0 Å². The van der Waals surface area contributed by atoms with Crippen molar-refractivity contribution in [3.05, 3.63) is 24.5 Å². The average molecular weight is 285 g/mol. The molecule has 5 N–H and O–H groups in total. The molecule has 2 aromatic rings. The zero-order chi connectivity index (χ0) is 14.0.